The molecule has 2 unspecified atom stereocenters. The van der Waals surface area contributed by atoms with Crippen LogP contribution in [0.25, 0.3) is 0 Å². The van der Waals surface area contributed by atoms with Gasteiger partial charge in [0.2, 0.25) is 0 Å². The van der Waals surface area contributed by atoms with E-state index in [9.17, 15) is 0 Å². The van der Waals surface area contributed by atoms with Crippen LogP contribution >= 0.6 is 0 Å². The maximum Gasteiger partial charge on any atom is 0.0584 e. The third-order valence-corrected chi connectivity index (χ3v) is 3.68. The van der Waals surface area contributed by atoms with Crippen LogP contribution in [0.15, 0.2) is 0 Å². The van der Waals surface area contributed by atoms with Crippen LogP contribution in [0.3, 0.4) is 0 Å². The smallest absolute Gasteiger partial charge is 0.0584 e. The summed E-state index contributed by atoms with van der Waals surface area (Å²) in [4.78, 5) is 0. The average molecular weight is 155 g/mol. The Labute approximate surface area is 68.0 Å². The molecular weight excluding hydrogens is 138 g/mol. The van der Waals surface area contributed by atoms with Crippen LogP contribution in [0.5, 0.6) is 0 Å². The van der Waals surface area contributed by atoms with E-state index in [0.29, 0.717) is 23.5 Å². The maximum atomic E-state index is 8.93. The third-order valence-electron chi connectivity index (χ3n) is 3.68. The van der Waals surface area contributed by atoms with Gasteiger partial charge in [-0.15, -0.1) is 0 Å². The minimum atomic E-state index is 0.303. The fourth-order valence-electron chi connectivity index (χ4n) is 2.54. The zero-order chi connectivity index (χ0) is 8.11. The van der Waals surface area contributed by atoms with Crippen LogP contribution in [0, 0.1) is 10.8 Å². The van der Waals surface area contributed by atoms with E-state index in [1.54, 1.807) is 0 Å². The molecule has 2 aliphatic rings. The Morgan fingerprint density at radius 3 is 2.45 bits per heavy atom. The largest absolute Gasteiger partial charge is 0.395 e. The number of nitrogens with one attached hydrogen (secondary N) is 1. The lowest BCUT2D eigenvalue weighted by Crippen LogP contribution is -2.24. The number of hydrogen-bond acceptors (Lipinski definition) is 2. The number of aliphatic hydroxyl groups is 1. The molecule has 0 aromatic heterocycles. The van der Waals surface area contributed by atoms with Crippen molar-refractivity contribution in [3.63, 3.8) is 0 Å². The van der Waals surface area contributed by atoms with E-state index in [1.807, 2.05) is 0 Å². The number of aliphatic hydroxyl groups excluding tert-OH is 1. The van der Waals surface area contributed by atoms with Crippen LogP contribution in [0.1, 0.15) is 26.7 Å². The van der Waals surface area contributed by atoms with E-state index in [2.05, 4.69) is 19.2 Å². The van der Waals surface area contributed by atoms with Crippen molar-refractivity contribution >= 4 is 0 Å². The highest BCUT2D eigenvalue weighted by Crippen LogP contribution is 2.67. The summed E-state index contributed by atoms with van der Waals surface area (Å²) < 4.78 is 0. The molecule has 2 N–H and O–H groups in total. The Morgan fingerprint density at radius 1 is 1.55 bits per heavy atom. The average Bonchev–Trinajstić information content (AvgIpc) is 2.35. The summed E-state index contributed by atoms with van der Waals surface area (Å²) in [7, 11) is 0. The van der Waals surface area contributed by atoms with E-state index in [-0.39, 0.29) is 0 Å². The van der Waals surface area contributed by atoms with Gasteiger partial charge in [0.05, 0.1) is 6.61 Å². The van der Waals surface area contributed by atoms with Crippen molar-refractivity contribution in [1.29, 1.82) is 0 Å². The fourth-order valence-corrected chi connectivity index (χ4v) is 2.54. The molecule has 2 atom stereocenters. The first-order chi connectivity index (χ1) is 5.10. The van der Waals surface area contributed by atoms with Gasteiger partial charge in [-0.2, -0.15) is 0 Å². The lowest BCUT2D eigenvalue weighted by molar-refractivity contribution is 0.249. The SMILES string of the molecule is CC1(C)CC12CNC(CO)C2. The fraction of sp³-hybridized carbons (Fsp3) is 1.00. The van der Waals surface area contributed by atoms with Gasteiger partial charge in [0.1, 0.15) is 0 Å². The first kappa shape index (κ1) is 7.56. The monoisotopic (exact) mass is 155 g/mol. The molecule has 0 bridgehead atoms. The zero-order valence-corrected chi connectivity index (χ0v) is 7.35. The summed E-state index contributed by atoms with van der Waals surface area (Å²) in [5.74, 6) is 0. The summed E-state index contributed by atoms with van der Waals surface area (Å²) in [6, 6.07) is 0.372. The highest BCUT2D eigenvalue weighted by atomic mass is 16.3. The highest BCUT2D eigenvalue weighted by molar-refractivity contribution is 5.15. The summed E-state index contributed by atoms with van der Waals surface area (Å²) in [6.07, 6.45) is 2.51. The molecule has 1 aliphatic carbocycles. The predicted octanol–water partition coefficient (Wildman–Crippen LogP) is 0.757. The molecule has 11 heavy (non-hydrogen) atoms. The van der Waals surface area contributed by atoms with E-state index in [4.69, 9.17) is 5.11 Å². The van der Waals surface area contributed by atoms with Gasteiger partial charge in [0, 0.05) is 12.6 Å². The minimum Gasteiger partial charge on any atom is -0.395 e. The number of hydrogen-bond donors (Lipinski definition) is 2. The first-order valence-corrected chi connectivity index (χ1v) is 4.44. The standard InChI is InChI=1S/C9H17NO/c1-8(2)5-9(8)3-7(4-11)10-6-9/h7,10-11H,3-6H2,1-2H3. The maximum absolute atomic E-state index is 8.93. The molecule has 2 fully saturated rings. The van der Waals surface area contributed by atoms with E-state index in [1.165, 1.54) is 12.8 Å². The van der Waals surface area contributed by atoms with Crippen LogP contribution < -0.4 is 5.32 Å². The molecule has 1 saturated carbocycles. The molecule has 1 heterocycles. The Hall–Kier alpha value is -0.0800. The van der Waals surface area contributed by atoms with Gasteiger partial charge in [-0.1, -0.05) is 13.8 Å². The number of rotatable bonds is 1. The van der Waals surface area contributed by atoms with Crippen LogP contribution in [-0.2, 0) is 0 Å². The molecule has 0 amide bonds. The Balaban J connectivity index is 2.01. The van der Waals surface area contributed by atoms with E-state index in [0.717, 1.165) is 6.54 Å². The Morgan fingerprint density at radius 2 is 2.18 bits per heavy atom. The summed E-state index contributed by atoms with van der Waals surface area (Å²) in [5, 5.41) is 12.3. The lowest BCUT2D eigenvalue weighted by Gasteiger charge is -2.11. The zero-order valence-electron chi connectivity index (χ0n) is 7.35. The molecule has 1 aliphatic heterocycles. The van der Waals surface area contributed by atoms with Gasteiger partial charge in [-0.25, -0.2) is 0 Å². The molecule has 2 heteroatoms. The molecule has 2 rings (SSSR count). The molecule has 0 radical (unpaired) electrons. The first-order valence-electron chi connectivity index (χ1n) is 4.44. The van der Waals surface area contributed by atoms with Crippen molar-refractivity contribution in [2.45, 2.75) is 32.7 Å². The van der Waals surface area contributed by atoms with Crippen LogP contribution in [0.4, 0.5) is 0 Å². The van der Waals surface area contributed by atoms with Crippen molar-refractivity contribution in [3.8, 4) is 0 Å². The molecule has 1 saturated heterocycles. The van der Waals surface area contributed by atoms with Gasteiger partial charge in [-0.05, 0) is 23.7 Å². The van der Waals surface area contributed by atoms with Gasteiger partial charge in [0.15, 0.2) is 0 Å². The van der Waals surface area contributed by atoms with Crippen LogP contribution in [-0.4, -0.2) is 24.3 Å². The second-order valence-electron chi connectivity index (χ2n) is 4.81. The third kappa shape index (κ3) is 0.926. The van der Waals surface area contributed by atoms with Gasteiger partial charge < -0.3 is 10.4 Å². The van der Waals surface area contributed by atoms with E-state index < -0.39 is 0 Å². The van der Waals surface area contributed by atoms with Gasteiger partial charge >= 0.3 is 0 Å². The Kier molecular flexibility index (Phi) is 1.37. The topological polar surface area (TPSA) is 32.3 Å². The summed E-state index contributed by atoms with van der Waals surface area (Å²) in [6.45, 7) is 6.08. The van der Waals surface area contributed by atoms with Crippen LogP contribution in [0.2, 0.25) is 0 Å². The molecule has 2 nitrogen and oxygen atoms in total. The summed E-state index contributed by atoms with van der Waals surface area (Å²) >= 11 is 0. The molecule has 1 spiro atoms. The van der Waals surface area contributed by atoms with Gasteiger partial charge in [-0.3, -0.25) is 0 Å². The highest BCUT2D eigenvalue weighted by Gasteiger charge is 2.63. The minimum absolute atomic E-state index is 0.303. The Bertz CT molecular complexity index is 178. The predicted molar refractivity (Wildman–Crippen MR) is 44.3 cm³/mol. The normalized spacial score (nSPS) is 46.6. The molecular formula is C9H17NO. The van der Waals surface area contributed by atoms with Gasteiger partial charge in [0.25, 0.3) is 0 Å². The summed E-state index contributed by atoms with van der Waals surface area (Å²) in [5.41, 5.74) is 1.07. The molecule has 0 aromatic rings. The quantitative estimate of drug-likeness (QED) is 0.586. The second kappa shape index (κ2) is 1.99. The molecule has 0 aromatic carbocycles. The van der Waals surface area contributed by atoms with E-state index >= 15 is 0 Å². The lowest BCUT2D eigenvalue weighted by atomic mass is 9.93. The molecule has 64 valence electrons. The van der Waals surface area contributed by atoms with Crippen molar-refractivity contribution < 1.29 is 5.11 Å². The van der Waals surface area contributed by atoms with Crippen molar-refractivity contribution in [1.82, 2.24) is 5.32 Å². The van der Waals surface area contributed by atoms with Crippen molar-refractivity contribution in [2.24, 2.45) is 10.8 Å². The second-order valence-corrected chi connectivity index (χ2v) is 4.81. The van der Waals surface area contributed by atoms with Crippen molar-refractivity contribution in [2.75, 3.05) is 13.2 Å². The van der Waals surface area contributed by atoms with Crippen molar-refractivity contribution in [3.05, 3.63) is 0 Å².